The van der Waals surface area contributed by atoms with E-state index in [9.17, 15) is 0 Å². The summed E-state index contributed by atoms with van der Waals surface area (Å²) in [5.41, 5.74) is 0. The average Bonchev–Trinajstić information content (AvgIpc) is 2.29. The van der Waals surface area contributed by atoms with Crippen LogP contribution in [0.2, 0.25) is 0 Å². The van der Waals surface area contributed by atoms with Crippen LogP contribution in [0.1, 0.15) is 13.3 Å². The van der Waals surface area contributed by atoms with Crippen molar-refractivity contribution in [3.05, 3.63) is 22.8 Å². The predicted molar refractivity (Wildman–Crippen MR) is 70.7 cm³/mol. The Balaban J connectivity index is 2.09. The van der Waals surface area contributed by atoms with Gasteiger partial charge in [-0.1, -0.05) is 13.0 Å². The van der Waals surface area contributed by atoms with Crippen molar-refractivity contribution in [2.75, 3.05) is 23.7 Å². The molecule has 4 heteroatoms. The first-order chi connectivity index (χ1) is 7.29. The molecule has 2 nitrogen and oxygen atoms in total. The summed E-state index contributed by atoms with van der Waals surface area (Å²) in [6.45, 7) is 4.50. The Morgan fingerprint density at radius 1 is 1.60 bits per heavy atom. The standard InChI is InChI=1S/C11H15BrN2S/c1-2-9-8-14(6-7-15-9)11-5-3-4-10(12)13-11/h3-5,9H,2,6-8H2,1H3. The Bertz CT molecular complexity index is 332. The maximum atomic E-state index is 4.50. The minimum Gasteiger partial charge on any atom is -0.355 e. The second-order valence-corrected chi connectivity index (χ2v) is 5.89. The van der Waals surface area contributed by atoms with Crippen LogP contribution < -0.4 is 4.90 Å². The first-order valence-corrected chi connectivity index (χ1v) is 7.13. The quantitative estimate of drug-likeness (QED) is 0.777. The smallest absolute Gasteiger partial charge is 0.129 e. The van der Waals surface area contributed by atoms with Crippen LogP contribution in [-0.4, -0.2) is 29.1 Å². The molecule has 1 aliphatic rings. The summed E-state index contributed by atoms with van der Waals surface area (Å²) in [5.74, 6) is 2.32. The fourth-order valence-electron chi connectivity index (χ4n) is 1.75. The van der Waals surface area contributed by atoms with Gasteiger partial charge < -0.3 is 4.90 Å². The Hall–Kier alpha value is -0.220. The van der Waals surface area contributed by atoms with Gasteiger partial charge in [0.2, 0.25) is 0 Å². The molecule has 1 aliphatic heterocycles. The van der Waals surface area contributed by atoms with Gasteiger partial charge in [0.15, 0.2) is 0 Å². The number of rotatable bonds is 2. The van der Waals surface area contributed by atoms with Crippen LogP contribution in [0.15, 0.2) is 22.8 Å². The topological polar surface area (TPSA) is 16.1 Å². The lowest BCUT2D eigenvalue weighted by atomic mass is 10.3. The van der Waals surface area contributed by atoms with Crippen LogP contribution in [0.5, 0.6) is 0 Å². The molecule has 82 valence electrons. The number of anilines is 1. The molecule has 0 spiro atoms. The molecule has 1 saturated heterocycles. The first kappa shape index (κ1) is 11.3. The van der Waals surface area contributed by atoms with E-state index in [0.717, 1.165) is 28.8 Å². The van der Waals surface area contributed by atoms with Gasteiger partial charge in [-0.05, 0) is 34.5 Å². The Labute approximate surface area is 104 Å². The normalized spacial score (nSPS) is 21.7. The van der Waals surface area contributed by atoms with Crippen molar-refractivity contribution in [1.29, 1.82) is 0 Å². The Morgan fingerprint density at radius 2 is 2.47 bits per heavy atom. The molecule has 1 fully saturated rings. The van der Waals surface area contributed by atoms with E-state index in [1.807, 2.05) is 6.07 Å². The van der Waals surface area contributed by atoms with Crippen LogP contribution in [0.25, 0.3) is 0 Å². The zero-order valence-corrected chi connectivity index (χ0v) is 11.2. The van der Waals surface area contributed by atoms with Crippen molar-refractivity contribution < 1.29 is 0 Å². The molecule has 2 rings (SSSR count). The molecule has 0 saturated carbocycles. The molecule has 0 amide bonds. The summed E-state index contributed by atoms with van der Waals surface area (Å²) in [5, 5.41) is 0.763. The van der Waals surface area contributed by atoms with E-state index in [0.29, 0.717) is 0 Å². The van der Waals surface area contributed by atoms with Gasteiger partial charge in [0.25, 0.3) is 0 Å². The SMILES string of the molecule is CCC1CN(c2cccc(Br)n2)CCS1. The molecule has 15 heavy (non-hydrogen) atoms. The molecule has 0 aromatic carbocycles. The van der Waals surface area contributed by atoms with Gasteiger partial charge in [-0.25, -0.2) is 4.98 Å². The van der Waals surface area contributed by atoms with E-state index in [2.05, 4.69) is 56.6 Å². The summed E-state index contributed by atoms with van der Waals surface area (Å²) in [6.07, 6.45) is 1.25. The molecule has 0 aliphatic carbocycles. The molecule has 1 aromatic rings. The average molecular weight is 287 g/mol. The largest absolute Gasteiger partial charge is 0.355 e. The third-order valence-corrected chi connectivity index (χ3v) is 4.43. The van der Waals surface area contributed by atoms with Gasteiger partial charge >= 0.3 is 0 Å². The Morgan fingerprint density at radius 3 is 3.20 bits per heavy atom. The van der Waals surface area contributed by atoms with Crippen molar-refractivity contribution in [2.24, 2.45) is 0 Å². The number of halogens is 1. The molecular weight excluding hydrogens is 272 g/mol. The fourth-order valence-corrected chi connectivity index (χ4v) is 3.26. The molecule has 2 heterocycles. The molecular formula is C11H15BrN2S. The highest BCUT2D eigenvalue weighted by Crippen LogP contribution is 2.25. The molecule has 0 bridgehead atoms. The number of nitrogens with zero attached hydrogens (tertiary/aromatic N) is 2. The lowest BCUT2D eigenvalue weighted by molar-refractivity contribution is 0.719. The van der Waals surface area contributed by atoms with Crippen molar-refractivity contribution in [3.8, 4) is 0 Å². The maximum Gasteiger partial charge on any atom is 0.129 e. The predicted octanol–water partition coefficient (Wildman–Crippen LogP) is 3.18. The monoisotopic (exact) mass is 286 g/mol. The lowest BCUT2D eigenvalue weighted by Crippen LogP contribution is -2.38. The highest BCUT2D eigenvalue weighted by Gasteiger charge is 2.19. The number of pyridine rings is 1. The maximum absolute atomic E-state index is 4.50. The zero-order chi connectivity index (χ0) is 10.7. The minimum absolute atomic E-state index is 0.763. The van der Waals surface area contributed by atoms with Crippen molar-refractivity contribution >= 4 is 33.5 Å². The van der Waals surface area contributed by atoms with Gasteiger partial charge in [0.05, 0.1) is 0 Å². The number of hydrogen-bond donors (Lipinski definition) is 0. The molecule has 1 atom stereocenters. The lowest BCUT2D eigenvalue weighted by Gasteiger charge is -2.32. The van der Waals surface area contributed by atoms with Crippen LogP contribution in [0, 0.1) is 0 Å². The molecule has 0 N–H and O–H groups in total. The highest BCUT2D eigenvalue weighted by atomic mass is 79.9. The number of hydrogen-bond acceptors (Lipinski definition) is 3. The van der Waals surface area contributed by atoms with E-state index in [4.69, 9.17) is 0 Å². The van der Waals surface area contributed by atoms with E-state index >= 15 is 0 Å². The Kier molecular flexibility index (Phi) is 3.92. The minimum atomic E-state index is 0.763. The van der Waals surface area contributed by atoms with E-state index in [-0.39, 0.29) is 0 Å². The van der Waals surface area contributed by atoms with Gasteiger partial charge in [-0.15, -0.1) is 0 Å². The van der Waals surface area contributed by atoms with Crippen LogP contribution >= 0.6 is 27.7 Å². The summed E-state index contributed by atoms with van der Waals surface area (Å²) in [7, 11) is 0. The van der Waals surface area contributed by atoms with Crippen molar-refractivity contribution in [1.82, 2.24) is 4.98 Å². The van der Waals surface area contributed by atoms with Gasteiger partial charge in [0.1, 0.15) is 10.4 Å². The van der Waals surface area contributed by atoms with Gasteiger partial charge in [0, 0.05) is 24.1 Å². The fraction of sp³-hybridized carbons (Fsp3) is 0.545. The third kappa shape index (κ3) is 2.88. The summed E-state index contributed by atoms with van der Waals surface area (Å²) in [6, 6.07) is 6.11. The highest BCUT2D eigenvalue weighted by molar-refractivity contribution is 9.10. The van der Waals surface area contributed by atoms with Crippen molar-refractivity contribution in [3.63, 3.8) is 0 Å². The number of thioether (sulfide) groups is 1. The summed E-state index contributed by atoms with van der Waals surface area (Å²) >= 11 is 5.50. The number of aromatic nitrogens is 1. The molecule has 0 radical (unpaired) electrons. The van der Waals surface area contributed by atoms with Gasteiger partial charge in [-0.2, -0.15) is 11.8 Å². The van der Waals surface area contributed by atoms with E-state index in [1.54, 1.807) is 0 Å². The second-order valence-electron chi connectivity index (χ2n) is 3.67. The van der Waals surface area contributed by atoms with E-state index < -0.39 is 0 Å². The second kappa shape index (κ2) is 5.21. The first-order valence-electron chi connectivity index (χ1n) is 5.28. The van der Waals surface area contributed by atoms with Gasteiger partial charge in [-0.3, -0.25) is 0 Å². The van der Waals surface area contributed by atoms with Crippen LogP contribution in [-0.2, 0) is 0 Å². The third-order valence-electron chi connectivity index (χ3n) is 2.62. The van der Waals surface area contributed by atoms with E-state index in [1.165, 1.54) is 12.2 Å². The molecule has 1 unspecified atom stereocenters. The summed E-state index contributed by atoms with van der Waals surface area (Å²) in [4.78, 5) is 6.88. The summed E-state index contributed by atoms with van der Waals surface area (Å²) < 4.78 is 0.922. The zero-order valence-electron chi connectivity index (χ0n) is 8.82. The van der Waals surface area contributed by atoms with Crippen LogP contribution in [0.4, 0.5) is 5.82 Å². The molecule has 1 aromatic heterocycles. The van der Waals surface area contributed by atoms with Crippen molar-refractivity contribution in [2.45, 2.75) is 18.6 Å². The van der Waals surface area contributed by atoms with Crippen LogP contribution in [0.3, 0.4) is 0 Å².